The fourth-order valence-corrected chi connectivity index (χ4v) is 2.38. The molecule has 0 saturated carbocycles. The van der Waals surface area contributed by atoms with Gasteiger partial charge < -0.3 is 10.2 Å². The molecule has 0 amide bonds. The van der Waals surface area contributed by atoms with Crippen molar-refractivity contribution in [3.05, 3.63) is 34.4 Å². The van der Waals surface area contributed by atoms with Crippen LogP contribution in [0.4, 0.5) is 26.3 Å². The van der Waals surface area contributed by atoms with E-state index in [1.54, 1.807) is 0 Å². The first-order chi connectivity index (χ1) is 10.3. The van der Waals surface area contributed by atoms with Gasteiger partial charge >= 0.3 is 12.4 Å². The third-order valence-corrected chi connectivity index (χ3v) is 3.31. The molecule has 2 atom stereocenters. The molecule has 10 heteroatoms. The first kappa shape index (κ1) is 22.7. The van der Waals surface area contributed by atoms with Crippen LogP contribution in [0.25, 0.3) is 0 Å². The quantitative estimate of drug-likeness (QED) is 0.607. The molecular formula is C14H13F6FeNO2. The summed E-state index contributed by atoms with van der Waals surface area (Å²) in [6.07, 6.45) is -13.2. The van der Waals surface area contributed by atoms with Gasteiger partial charge in [-0.3, -0.25) is 0 Å². The number of alkyl halides is 6. The number of aliphatic hydroxyl groups excluding tert-OH is 2. The number of halogens is 6. The number of hydrogen-bond acceptors (Lipinski definition) is 3. The maximum absolute atomic E-state index is 13.0. The fourth-order valence-electron chi connectivity index (χ4n) is 2.38. The minimum atomic E-state index is -5.19. The first-order valence-corrected chi connectivity index (χ1v) is 6.39. The van der Waals surface area contributed by atoms with Gasteiger partial charge in [0.1, 0.15) is 6.07 Å². The van der Waals surface area contributed by atoms with Gasteiger partial charge in [0.25, 0.3) is 0 Å². The summed E-state index contributed by atoms with van der Waals surface area (Å²) in [6.45, 7) is 2.27. The summed E-state index contributed by atoms with van der Waals surface area (Å²) in [5, 5.41) is 27.8. The van der Waals surface area contributed by atoms with Crippen molar-refractivity contribution in [3.8, 4) is 6.07 Å². The molecule has 2 N–H and O–H groups in total. The number of hydrogen-bond donors (Lipinski definition) is 2. The van der Waals surface area contributed by atoms with Crippen LogP contribution in [0.1, 0.15) is 42.0 Å². The van der Waals surface area contributed by atoms with Crippen LogP contribution >= 0.6 is 0 Å². The van der Waals surface area contributed by atoms with E-state index in [-0.39, 0.29) is 17.1 Å². The molecule has 0 aromatic heterocycles. The van der Waals surface area contributed by atoms with Gasteiger partial charge in [-0.15, -0.1) is 0 Å². The second kappa shape index (κ2) is 7.74. The van der Waals surface area contributed by atoms with E-state index in [1.165, 1.54) is 0 Å². The topological polar surface area (TPSA) is 64.2 Å². The molecule has 0 aliphatic rings. The molecular weight excluding hydrogens is 384 g/mol. The van der Waals surface area contributed by atoms with Gasteiger partial charge in [0.05, 0.1) is 28.9 Å². The monoisotopic (exact) mass is 397 g/mol. The van der Waals surface area contributed by atoms with E-state index >= 15 is 0 Å². The molecule has 24 heavy (non-hydrogen) atoms. The minimum absolute atomic E-state index is 0. The van der Waals surface area contributed by atoms with Crippen LogP contribution in [0.15, 0.2) is 12.1 Å². The molecule has 136 valence electrons. The first-order valence-electron chi connectivity index (χ1n) is 6.39. The summed E-state index contributed by atoms with van der Waals surface area (Å²) in [4.78, 5) is 0. The Morgan fingerprint density at radius 1 is 0.917 bits per heavy atom. The Kier molecular flexibility index (Phi) is 7.33. The average Bonchev–Trinajstić information content (AvgIpc) is 2.34. The zero-order valence-corrected chi connectivity index (χ0v) is 13.5. The van der Waals surface area contributed by atoms with E-state index in [1.807, 2.05) is 0 Å². The Hall–Kier alpha value is -1.27. The van der Waals surface area contributed by atoms with Gasteiger partial charge in [0, 0.05) is 23.0 Å². The van der Waals surface area contributed by atoms with Crippen LogP contribution in [0, 0.1) is 11.3 Å². The van der Waals surface area contributed by atoms with Gasteiger partial charge in [-0.05, 0) is 31.5 Å². The van der Waals surface area contributed by atoms with Crippen LogP contribution in [0.2, 0.25) is 0 Å². The standard InChI is InChI=1S/C14H13F6NO2.Fe/c1-6(22)12(7(2)23)8-3-10(13(15,16)17)9(5-21)11(4-8)14(18,19)20;/h3-4,6-7,12,22-23H,1-2H3;. The molecule has 1 rings (SSSR count). The Morgan fingerprint density at radius 2 is 1.25 bits per heavy atom. The average molecular weight is 397 g/mol. The number of rotatable bonds is 3. The maximum atomic E-state index is 13.0. The predicted octanol–water partition coefficient (Wildman–Crippen LogP) is 3.44. The molecule has 3 nitrogen and oxygen atoms in total. The number of nitrogens with zero attached hydrogens (tertiary/aromatic N) is 1. The van der Waals surface area contributed by atoms with Gasteiger partial charge in [-0.1, -0.05) is 0 Å². The SMILES string of the molecule is CC(O)C(c1cc(C(F)(F)F)c(C#N)c(C(F)(F)F)c1)C(C)O.[Fe]. The third kappa shape index (κ3) is 4.86. The van der Waals surface area contributed by atoms with Crippen LogP contribution in [0.3, 0.4) is 0 Å². The van der Waals surface area contributed by atoms with Crippen LogP contribution in [-0.4, -0.2) is 22.4 Å². The normalized spacial score (nSPS) is 15.9. The second-order valence-corrected chi connectivity index (χ2v) is 5.11. The molecule has 0 aliphatic heterocycles. The summed E-state index contributed by atoms with van der Waals surface area (Å²) in [5.41, 5.74) is -5.59. The third-order valence-electron chi connectivity index (χ3n) is 3.31. The summed E-state index contributed by atoms with van der Waals surface area (Å²) in [7, 11) is 0. The second-order valence-electron chi connectivity index (χ2n) is 5.11. The van der Waals surface area contributed by atoms with E-state index < -0.39 is 52.7 Å². The zero-order valence-electron chi connectivity index (χ0n) is 12.3. The maximum Gasteiger partial charge on any atom is 0.417 e. The van der Waals surface area contributed by atoms with E-state index in [0.717, 1.165) is 19.9 Å². The van der Waals surface area contributed by atoms with Crippen molar-refractivity contribution in [1.29, 1.82) is 5.26 Å². The van der Waals surface area contributed by atoms with E-state index in [0.29, 0.717) is 12.1 Å². The molecule has 0 radical (unpaired) electrons. The van der Waals surface area contributed by atoms with Gasteiger partial charge in [-0.2, -0.15) is 31.6 Å². The summed E-state index contributed by atoms with van der Waals surface area (Å²) in [5.74, 6) is -1.37. The Balaban J connectivity index is 0.00000529. The van der Waals surface area contributed by atoms with Crippen molar-refractivity contribution in [1.82, 2.24) is 0 Å². The Bertz CT molecular complexity index is 576. The van der Waals surface area contributed by atoms with Crippen LogP contribution < -0.4 is 0 Å². The molecule has 2 unspecified atom stereocenters. The van der Waals surface area contributed by atoms with Gasteiger partial charge in [-0.25, -0.2) is 0 Å². The molecule has 0 aliphatic carbocycles. The van der Waals surface area contributed by atoms with Crippen molar-refractivity contribution < 1.29 is 53.6 Å². The Morgan fingerprint density at radius 3 is 1.46 bits per heavy atom. The van der Waals surface area contributed by atoms with Crippen molar-refractivity contribution >= 4 is 0 Å². The molecule has 0 spiro atoms. The summed E-state index contributed by atoms with van der Waals surface area (Å²) in [6, 6.07) is 1.65. The number of benzene rings is 1. The zero-order chi connectivity index (χ0) is 18.2. The van der Waals surface area contributed by atoms with E-state index in [2.05, 4.69) is 0 Å². The molecule has 0 fully saturated rings. The van der Waals surface area contributed by atoms with Gasteiger partial charge in [0.15, 0.2) is 0 Å². The number of aliphatic hydroxyl groups is 2. The van der Waals surface area contributed by atoms with E-state index in [4.69, 9.17) is 5.26 Å². The van der Waals surface area contributed by atoms with Crippen molar-refractivity contribution in [2.24, 2.45) is 0 Å². The molecule has 0 saturated heterocycles. The predicted molar refractivity (Wildman–Crippen MR) is 67.3 cm³/mol. The summed E-state index contributed by atoms with van der Waals surface area (Å²) >= 11 is 0. The van der Waals surface area contributed by atoms with E-state index in [9.17, 15) is 36.6 Å². The number of nitriles is 1. The molecule has 0 bridgehead atoms. The summed E-state index contributed by atoms with van der Waals surface area (Å²) < 4.78 is 78.0. The fraction of sp³-hybridized carbons (Fsp3) is 0.500. The smallest absolute Gasteiger partial charge is 0.393 e. The molecule has 0 heterocycles. The molecule has 1 aromatic rings. The largest absolute Gasteiger partial charge is 0.417 e. The molecule has 1 aromatic carbocycles. The van der Waals surface area contributed by atoms with Crippen LogP contribution in [-0.2, 0) is 29.4 Å². The van der Waals surface area contributed by atoms with Crippen LogP contribution in [0.5, 0.6) is 0 Å². The van der Waals surface area contributed by atoms with Crippen molar-refractivity contribution in [2.75, 3.05) is 0 Å². The van der Waals surface area contributed by atoms with Crippen molar-refractivity contribution in [2.45, 2.75) is 44.3 Å². The Labute approximate surface area is 144 Å². The van der Waals surface area contributed by atoms with Gasteiger partial charge in [0.2, 0.25) is 0 Å². The van der Waals surface area contributed by atoms with Crippen molar-refractivity contribution in [3.63, 3.8) is 0 Å². The minimum Gasteiger partial charge on any atom is -0.393 e.